The van der Waals surface area contributed by atoms with Gasteiger partial charge in [-0.2, -0.15) is 0 Å². The smallest absolute Gasteiger partial charge is 0.200 e. The molecule has 10 heteroatoms. The van der Waals surface area contributed by atoms with E-state index in [0.29, 0.717) is 5.56 Å². The maximum Gasteiger partial charge on any atom is 0.200 e. The van der Waals surface area contributed by atoms with Gasteiger partial charge in [0.15, 0.2) is 11.5 Å². The van der Waals surface area contributed by atoms with Gasteiger partial charge in [-0.3, -0.25) is 4.79 Å². The summed E-state index contributed by atoms with van der Waals surface area (Å²) in [6.07, 6.45) is -6.06. The average molecular weight is 446 g/mol. The molecule has 3 aromatic rings. The second-order valence-corrected chi connectivity index (χ2v) is 7.49. The molecule has 2 aromatic carbocycles. The predicted molar refractivity (Wildman–Crippen MR) is 111 cm³/mol. The number of aliphatic hydroxyl groups excluding tert-OH is 4. The Labute approximate surface area is 181 Å². The van der Waals surface area contributed by atoms with E-state index in [-0.39, 0.29) is 39.3 Å². The molecule has 0 aliphatic carbocycles. The Morgan fingerprint density at radius 2 is 1.81 bits per heavy atom. The third kappa shape index (κ3) is 3.48. The molecule has 1 aromatic heterocycles. The maximum atomic E-state index is 13.2. The van der Waals surface area contributed by atoms with E-state index >= 15 is 0 Å². The van der Waals surface area contributed by atoms with Gasteiger partial charge in [-0.1, -0.05) is 6.07 Å². The summed E-state index contributed by atoms with van der Waals surface area (Å²) >= 11 is 0. The summed E-state index contributed by atoms with van der Waals surface area (Å²) in [4.78, 5) is 13.2. The molecule has 1 fully saturated rings. The van der Waals surface area contributed by atoms with Gasteiger partial charge in [0.2, 0.25) is 5.43 Å². The first-order chi connectivity index (χ1) is 15.3. The van der Waals surface area contributed by atoms with E-state index in [9.17, 15) is 30.3 Å². The second kappa shape index (κ2) is 8.41. The fourth-order valence-corrected chi connectivity index (χ4v) is 3.90. The molecule has 1 aliphatic heterocycles. The van der Waals surface area contributed by atoms with Crippen LogP contribution in [0.2, 0.25) is 0 Å². The number of phenols is 2. The number of fused-ring (bicyclic) bond motifs is 1. The average Bonchev–Trinajstić information content (AvgIpc) is 3.08. The van der Waals surface area contributed by atoms with Crippen molar-refractivity contribution in [3.63, 3.8) is 0 Å². The largest absolute Gasteiger partial charge is 0.507 e. The number of hydrogen-bond acceptors (Lipinski definition) is 10. The molecule has 0 bridgehead atoms. The number of aromatic hydroxyl groups is 2. The summed E-state index contributed by atoms with van der Waals surface area (Å²) in [6, 6.07) is 6.93. The fourth-order valence-electron chi connectivity index (χ4n) is 3.90. The first kappa shape index (κ1) is 22.1. The van der Waals surface area contributed by atoms with Crippen LogP contribution in [0, 0.1) is 0 Å². The van der Waals surface area contributed by atoms with E-state index in [4.69, 9.17) is 19.0 Å². The van der Waals surface area contributed by atoms with Crippen molar-refractivity contribution >= 4 is 11.0 Å². The van der Waals surface area contributed by atoms with Crippen LogP contribution < -0.4 is 10.2 Å². The van der Waals surface area contributed by atoms with Crippen molar-refractivity contribution in [2.24, 2.45) is 0 Å². The molecule has 170 valence electrons. The normalized spacial score (nSPS) is 24.0. The standard InChI is InChI=1S/C22H22O10/c1-30-15-6-9(2-4-12(15)24)11-8-31-20-10(17(11)27)3-5-13(25)16(20)22-19(29)18(28)21(32-22)14(26)7-23/h2-6,8,14,18-19,21-26,28-29H,7H2,1H3/t14-,18-,19-,21-,22-/m1/s1. The van der Waals surface area contributed by atoms with Crippen LogP contribution >= 0.6 is 0 Å². The number of phenolic OH excluding ortho intramolecular Hbond substituents is 2. The molecule has 4 rings (SSSR count). The molecular weight excluding hydrogens is 424 g/mol. The molecule has 0 radical (unpaired) electrons. The Balaban J connectivity index is 1.84. The highest BCUT2D eigenvalue weighted by molar-refractivity contribution is 5.86. The van der Waals surface area contributed by atoms with Crippen LogP contribution in [-0.2, 0) is 4.74 Å². The Morgan fingerprint density at radius 1 is 1.09 bits per heavy atom. The molecule has 6 N–H and O–H groups in total. The van der Waals surface area contributed by atoms with E-state index in [0.717, 1.165) is 6.26 Å². The summed E-state index contributed by atoms with van der Waals surface area (Å²) in [7, 11) is 1.37. The summed E-state index contributed by atoms with van der Waals surface area (Å²) in [5.74, 6) is -0.285. The van der Waals surface area contributed by atoms with Gasteiger partial charge in [-0.05, 0) is 29.8 Å². The van der Waals surface area contributed by atoms with Crippen LogP contribution in [0.5, 0.6) is 17.2 Å². The molecule has 0 unspecified atom stereocenters. The minimum atomic E-state index is -1.57. The zero-order chi connectivity index (χ0) is 23.2. The Hall–Kier alpha value is -3.15. The number of rotatable bonds is 5. The number of benzene rings is 2. The first-order valence-electron chi connectivity index (χ1n) is 9.73. The minimum absolute atomic E-state index is 0.0683. The molecule has 1 saturated heterocycles. The van der Waals surface area contributed by atoms with E-state index in [1.807, 2.05) is 0 Å². The summed E-state index contributed by atoms with van der Waals surface area (Å²) in [6.45, 7) is -0.711. The van der Waals surface area contributed by atoms with E-state index in [2.05, 4.69) is 0 Å². The van der Waals surface area contributed by atoms with E-state index in [1.54, 1.807) is 0 Å². The molecule has 0 saturated carbocycles. The van der Waals surface area contributed by atoms with Crippen molar-refractivity contribution in [1.29, 1.82) is 0 Å². The Morgan fingerprint density at radius 3 is 2.50 bits per heavy atom. The lowest BCUT2D eigenvalue weighted by Crippen LogP contribution is -2.40. The summed E-state index contributed by atoms with van der Waals surface area (Å²) in [5, 5.41) is 60.0. The molecule has 10 nitrogen and oxygen atoms in total. The lowest BCUT2D eigenvalue weighted by atomic mass is 9.96. The van der Waals surface area contributed by atoms with Gasteiger partial charge in [0.1, 0.15) is 48.1 Å². The molecule has 1 aliphatic rings. The van der Waals surface area contributed by atoms with Gasteiger partial charge in [-0.15, -0.1) is 0 Å². The summed E-state index contributed by atoms with van der Waals surface area (Å²) < 4.78 is 16.3. The van der Waals surface area contributed by atoms with Crippen molar-refractivity contribution in [1.82, 2.24) is 0 Å². The molecule has 5 atom stereocenters. The lowest BCUT2D eigenvalue weighted by molar-refractivity contribution is -0.0822. The van der Waals surface area contributed by atoms with Crippen molar-refractivity contribution in [2.75, 3.05) is 13.7 Å². The number of methoxy groups -OCH3 is 1. The lowest BCUT2D eigenvalue weighted by Gasteiger charge is -2.19. The van der Waals surface area contributed by atoms with Gasteiger partial charge in [0.05, 0.1) is 30.2 Å². The number of hydrogen-bond donors (Lipinski definition) is 6. The maximum absolute atomic E-state index is 13.2. The van der Waals surface area contributed by atoms with Gasteiger partial charge in [0, 0.05) is 0 Å². The van der Waals surface area contributed by atoms with Gasteiger partial charge in [-0.25, -0.2) is 0 Å². The summed E-state index contributed by atoms with van der Waals surface area (Å²) in [5.41, 5.74) is -0.0219. The predicted octanol–water partition coefficient (Wildman–Crippen LogP) is 0.395. The fraction of sp³-hybridized carbons (Fsp3) is 0.318. The third-order valence-electron chi connectivity index (χ3n) is 5.60. The van der Waals surface area contributed by atoms with Crippen LogP contribution in [0.4, 0.5) is 0 Å². The Bertz CT molecular complexity index is 1200. The third-order valence-corrected chi connectivity index (χ3v) is 5.60. The van der Waals surface area contributed by atoms with Crippen LogP contribution in [0.25, 0.3) is 22.1 Å². The number of aliphatic hydroxyl groups is 4. The SMILES string of the molecule is COc1cc(-c2coc3c([C@H]4O[C@H]([C@H](O)CO)[C@H](O)[C@H]4O)c(O)ccc3c2=O)ccc1O. The molecular formula is C22H22O10. The van der Waals surface area contributed by atoms with Crippen molar-refractivity contribution in [3.8, 4) is 28.4 Å². The van der Waals surface area contributed by atoms with Crippen LogP contribution in [0.15, 0.2) is 45.8 Å². The van der Waals surface area contributed by atoms with Crippen LogP contribution in [-0.4, -0.2) is 68.8 Å². The topological polar surface area (TPSA) is 170 Å². The molecule has 0 amide bonds. The van der Waals surface area contributed by atoms with Crippen molar-refractivity contribution in [2.45, 2.75) is 30.5 Å². The molecule has 32 heavy (non-hydrogen) atoms. The second-order valence-electron chi connectivity index (χ2n) is 7.49. The minimum Gasteiger partial charge on any atom is -0.507 e. The highest BCUT2D eigenvalue weighted by Gasteiger charge is 2.48. The van der Waals surface area contributed by atoms with Crippen LogP contribution in [0.1, 0.15) is 11.7 Å². The number of ether oxygens (including phenoxy) is 2. The Kier molecular flexibility index (Phi) is 5.80. The molecule has 2 heterocycles. The van der Waals surface area contributed by atoms with Crippen molar-refractivity contribution in [3.05, 3.63) is 52.4 Å². The van der Waals surface area contributed by atoms with Crippen molar-refractivity contribution < 1.29 is 44.5 Å². The first-order valence-corrected chi connectivity index (χ1v) is 9.73. The zero-order valence-corrected chi connectivity index (χ0v) is 16.9. The quantitative estimate of drug-likeness (QED) is 0.322. The zero-order valence-electron chi connectivity index (χ0n) is 16.9. The van der Waals surface area contributed by atoms with Gasteiger partial charge < -0.3 is 44.5 Å². The van der Waals surface area contributed by atoms with E-state index in [1.165, 1.54) is 37.4 Å². The van der Waals surface area contributed by atoms with Gasteiger partial charge >= 0.3 is 0 Å². The molecule has 0 spiro atoms. The van der Waals surface area contributed by atoms with E-state index < -0.39 is 42.6 Å². The van der Waals surface area contributed by atoms with Gasteiger partial charge in [0.25, 0.3) is 0 Å². The monoisotopic (exact) mass is 446 g/mol. The van der Waals surface area contributed by atoms with Crippen LogP contribution in [0.3, 0.4) is 0 Å². The highest BCUT2D eigenvalue weighted by Crippen LogP contribution is 2.42. The highest BCUT2D eigenvalue weighted by atomic mass is 16.6.